The van der Waals surface area contributed by atoms with Gasteiger partial charge in [-0.05, 0) is 56.4 Å². The summed E-state index contributed by atoms with van der Waals surface area (Å²) in [7, 11) is 2.01. The molecule has 1 aromatic rings. The molecular weight excluding hydrogens is 232 g/mol. The molecule has 1 saturated heterocycles. The zero-order valence-electron chi connectivity index (χ0n) is 12.7. The van der Waals surface area contributed by atoms with Gasteiger partial charge in [-0.2, -0.15) is 0 Å². The first-order valence-electron chi connectivity index (χ1n) is 7.67. The van der Waals surface area contributed by atoms with Crippen LogP contribution in [0.1, 0.15) is 37.8 Å². The van der Waals surface area contributed by atoms with E-state index in [1.54, 1.807) is 0 Å². The highest BCUT2D eigenvalue weighted by Crippen LogP contribution is 2.25. The van der Waals surface area contributed by atoms with Crippen LogP contribution in [0.3, 0.4) is 0 Å². The van der Waals surface area contributed by atoms with Crippen molar-refractivity contribution < 1.29 is 0 Å². The number of rotatable bonds is 6. The first-order valence-corrected chi connectivity index (χ1v) is 7.67. The Morgan fingerprint density at radius 3 is 2.53 bits per heavy atom. The maximum Gasteiger partial charge on any atom is 0.0236 e. The van der Waals surface area contributed by atoms with Crippen LogP contribution in [0.2, 0.25) is 0 Å². The van der Waals surface area contributed by atoms with Crippen LogP contribution in [0.25, 0.3) is 0 Å². The first-order chi connectivity index (χ1) is 9.20. The molecule has 1 unspecified atom stereocenters. The third-order valence-electron chi connectivity index (χ3n) is 4.26. The highest BCUT2D eigenvalue weighted by atomic mass is 15.2. The molecule has 0 radical (unpaired) electrons. The van der Waals surface area contributed by atoms with Crippen molar-refractivity contribution in [1.82, 2.24) is 10.2 Å². The van der Waals surface area contributed by atoms with E-state index in [0.29, 0.717) is 0 Å². The van der Waals surface area contributed by atoms with Gasteiger partial charge in [-0.1, -0.05) is 38.1 Å². The number of hydrogen-bond acceptors (Lipinski definition) is 2. The molecule has 1 fully saturated rings. The minimum Gasteiger partial charge on any atom is -0.319 e. The summed E-state index contributed by atoms with van der Waals surface area (Å²) in [6.45, 7) is 8.15. The summed E-state index contributed by atoms with van der Waals surface area (Å²) < 4.78 is 0. The van der Waals surface area contributed by atoms with Crippen LogP contribution in [0.5, 0.6) is 0 Å². The van der Waals surface area contributed by atoms with Gasteiger partial charge < -0.3 is 5.32 Å². The van der Waals surface area contributed by atoms with E-state index < -0.39 is 0 Å². The Labute approximate surface area is 118 Å². The van der Waals surface area contributed by atoms with E-state index in [9.17, 15) is 0 Å². The molecule has 0 aromatic heterocycles. The summed E-state index contributed by atoms with van der Waals surface area (Å²) >= 11 is 0. The van der Waals surface area contributed by atoms with Crippen molar-refractivity contribution in [3.63, 3.8) is 0 Å². The monoisotopic (exact) mass is 260 g/mol. The molecule has 0 saturated carbocycles. The molecule has 0 amide bonds. The predicted molar refractivity (Wildman–Crippen MR) is 82.3 cm³/mol. The lowest BCUT2D eigenvalue weighted by Crippen LogP contribution is -2.32. The summed E-state index contributed by atoms with van der Waals surface area (Å²) in [5.74, 6) is 0.775. The van der Waals surface area contributed by atoms with Crippen LogP contribution in [-0.2, 0) is 13.0 Å². The minimum atomic E-state index is 0.775. The molecule has 1 N–H and O–H groups in total. The zero-order valence-corrected chi connectivity index (χ0v) is 12.7. The molecule has 0 bridgehead atoms. The average Bonchev–Trinajstić information content (AvgIpc) is 2.86. The van der Waals surface area contributed by atoms with Gasteiger partial charge in [-0.15, -0.1) is 0 Å². The van der Waals surface area contributed by atoms with Gasteiger partial charge in [-0.25, -0.2) is 0 Å². The molecule has 0 aliphatic carbocycles. The van der Waals surface area contributed by atoms with E-state index in [4.69, 9.17) is 0 Å². The molecule has 1 aliphatic heterocycles. The minimum absolute atomic E-state index is 0.775. The number of benzene rings is 1. The summed E-state index contributed by atoms with van der Waals surface area (Å²) in [5, 5.41) is 3.20. The first kappa shape index (κ1) is 14.5. The van der Waals surface area contributed by atoms with Gasteiger partial charge >= 0.3 is 0 Å². The van der Waals surface area contributed by atoms with E-state index in [1.807, 2.05) is 7.05 Å². The molecule has 2 nitrogen and oxygen atoms in total. The number of hydrogen-bond donors (Lipinski definition) is 1. The smallest absolute Gasteiger partial charge is 0.0236 e. The molecule has 19 heavy (non-hydrogen) atoms. The number of likely N-dealkylation sites (N-methyl/N-ethyl adjacent to an activating group) is 1. The van der Waals surface area contributed by atoms with Crippen molar-refractivity contribution in [3.05, 3.63) is 35.4 Å². The van der Waals surface area contributed by atoms with Crippen LogP contribution in [0.4, 0.5) is 0 Å². The van der Waals surface area contributed by atoms with Crippen molar-refractivity contribution in [2.24, 2.45) is 5.92 Å². The summed E-state index contributed by atoms with van der Waals surface area (Å²) in [4.78, 5) is 2.66. The third-order valence-corrected chi connectivity index (χ3v) is 4.26. The van der Waals surface area contributed by atoms with Gasteiger partial charge in [0, 0.05) is 12.6 Å². The maximum absolute atomic E-state index is 3.20. The Kier molecular flexibility index (Phi) is 5.41. The molecule has 0 spiro atoms. The van der Waals surface area contributed by atoms with Crippen molar-refractivity contribution in [2.75, 3.05) is 20.1 Å². The number of nitrogens with zero attached hydrogens (tertiary/aromatic N) is 1. The van der Waals surface area contributed by atoms with Crippen molar-refractivity contribution in [3.8, 4) is 0 Å². The molecule has 1 aromatic carbocycles. The predicted octanol–water partition coefficient (Wildman–Crippen LogP) is 3.07. The van der Waals surface area contributed by atoms with Gasteiger partial charge in [0.05, 0.1) is 0 Å². The number of nitrogens with one attached hydrogen (secondary N) is 1. The van der Waals surface area contributed by atoms with E-state index >= 15 is 0 Å². The molecule has 1 heterocycles. The molecular formula is C17H28N2. The van der Waals surface area contributed by atoms with Gasteiger partial charge in [-0.3, -0.25) is 4.90 Å². The SMILES string of the molecule is CNCCc1ccc(CN2CCCC2C(C)C)cc1. The summed E-state index contributed by atoms with van der Waals surface area (Å²) in [6, 6.07) is 9.96. The van der Waals surface area contributed by atoms with Gasteiger partial charge in [0.1, 0.15) is 0 Å². The zero-order chi connectivity index (χ0) is 13.7. The second-order valence-corrected chi connectivity index (χ2v) is 6.09. The average molecular weight is 260 g/mol. The molecule has 106 valence electrons. The molecule has 2 heteroatoms. The van der Waals surface area contributed by atoms with Crippen molar-refractivity contribution in [2.45, 2.75) is 45.7 Å². The lowest BCUT2D eigenvalue weighted by molar-refractivity contribution is 0.199. The summed E-state index contributed by atoms with van der Waals surface area (Å²) in [5.41, 5.74) is 2.89. The lowest BCUT2D eigenvalue weighted by atomic mass is 10.0. The Morgan fingerprint density at radius 2 is 1.89 bits per heavy atom. The standard InChI is InChI=1S/C17H28N2/c1-14(2)17-5-4-12-19(17)13-16-8-6-15(7-9-16)10-11-18-3/h6-9,14,17-18H,4-5,10-13H2,1-3H3. The Bertz CT molecular complexity index is 369. The van der Waals surface area contributed by atoms with E-state index in [0.717, 1.165) is 31.5 Å². The van der Waals surface area contributed by atoms with Crippen LogP contribution < -0.4 is 5.32 Å². The van der Waals surface area contributed by atoms with Gasteiger partial charge in [0.25, 0.3) is 0 Å². The normalized spacial score (nSPS) is 20.3. The van der Waals surface area contributed by atoms with Crippen LogP contribution in [0, 0.1) is 5.92 Å². The molecule has 1 atom stereocenters. The fourth-order valence-corrected chi connectivity index (χ4v) is 3.12. The largest absolute Gasteiger partial charge is 0.319 e. The quantitative estimate of drug-likeness (QED) is 0.845. The van der Waals surface area contributed by atoms with Crippen LogP contribution >= 0.6 is 0 Å². The Morgan fingerprint density at radius 1 is 1.21 bits per heavy atom. The van der Waals surface area contributed by atoms with E-state index in [2.05, 4.69) is 48.3 Å². The van der Waals surface area contributed by atoms with Crippen LogP contribution in [-0.4, -0.2) is 31.1 Å². The highest BCUT2D eigenvalue weighted by Gasteiger charge is 2.26. The van der Waals surface area contributed by atoms with E-state index in [1.165, 1.54) is 30.5 Å². The highest BCUT2D eigenvalue weighted by molar-refractivity contribution is 5.23. The van der Waals surface area contributed by atoms with Crippen LogP contribution in [0.15, 0.2) is 24.3 Å². The maximum atomic E-state index is 3.20. The Balaban J connectivity index is 1.92. The second kappa shape index (κ2) is 7.06. The lowest BCUT2D eigenvalue weighted by Gasteiger charge is -2.27. The number of likely N-dealkylation sites (tertiary alicyclic amines) is 1. The second-order valence-electron chi connectivity index (χ2n) is 6.09. The van der Waals surface area contributed by atoms with Crippen molar-refractivity contribution in [1.29, 1.82) is 0 Å². The molecule has 2 rings (SSSR count). The topological polar surface area (TPSA) is 15.3 Å². The third kappa shape index (κ3) is 4.05. The fourth-order valence-electron chi connectivity index (χ4n) is 3.12. The van der Waals surface area contributed by atoms with Gasteiger partial charge in [0.2, 0.25) is 0 Å². The fraction of sp³-hybridized carbons (Fsp3) is 0.647. The Hall–Kier alpha value is -0.860. The van der Waals surface area contributed by atoms with Gasteiger partial charge in [0.15, 0.2) is 0 Å². The summed E-state index contributed by atoms with van der Waals surface area (Å²) in [6.07, 6.45) is 3.86. The van der Waals surface area contributed by atoms with Crippen molar-refractivity contribution >= 4 is 0 Å². The molecule has 1 aliphatic rings. The van der Waals surface area contributed by atoms with E-state index in [-0.39, 0.29) is 0 Å².